The Morgan fingerprint density at radius 2 is 2.06 bits per heavy atom. The normalized spacial score (nSPS) is 16.2. The molecule has 2 aromatic heterocycles. The second-order valence-electron chi connectivity index (χ2n) is 4.57. The Morgan fingerprint density at radius 3 is 2.72 bits per heavy atom. The van der Waals surface area contributed by atoms with Crippen molar-refractivity contribution in [2.45, 2.75) is 13.8 Å². The van der Waals surface area contributed by atoms with E-state index in [2.05, 4.69) is 45.3 Å². The first-order valence-electron chi connectivity index (χ1n) is 6.19. The van der Waals surface area contributed by atoms with Crippen LogP contribution in [0.4, 0.5) is 5.95 Å². The van der Waals surface area contributed by atoms with Crippen molar-refractivity contribution in [3.8, 4) is 10.7 Å². The molecule has 0 aromatic carbocycles. The number of hydrogen-bond donors (Lipinski definition) is 2. The molecule has 5 nitrogen and oxygen atoms in total. The van der Waals surface area contributed by atoms with Gasteiger partial charge >= 0.3 is 0 Å². The first kappa shape index (κ1) is 11.7. The van der Waals surface area contributed by atoms with Crippen molar-refractivity contribution in [1.29, 1.82) is 0 Å². The Labute approximate surface area is 110 Å². The van der Waals surface area contributed by atoms with E-state index in [1.165, 1.54) is 15.3 Å². The monoisotopic (exact) mass is 263 g/mol. The summed E-state index contributed by atoms with van der Waals surface area (Å²) in [6, 6.07) is 2.17. The molecule has 0 bridgehead atoms. The van der Waals surface area contributed by atoms with Crippen LogP contribution in [-0.2, 0) is 0 Å². The first-order chi connectivity index (χ1) is 8.74. The molecule has 3 rings (SSSR count). The van der Waals surface area contributed by atoms with Crippen molar-refractivity contribution in [3.63, 3.8) is 0 Å². The molecule has 1 fully saturated rings. The van der Waals surface area contributed by atoms with Crippen LogP contribution in [0.15, 0.2) is 6.07 Å². The number of aromatic nitrogens is 3. The molecular weight excluding hydrogens is 246 g/mol. The van der Waals surface area contributed by atoms with Crippen molar-refractivity contribution >= 4 is 17.3 Å². The standard InChI is InChI=1S/C12H17N5S/c1-8-7-10(18-9(8)2)11-14-12(16-15-11)17-5-3-13-4-6-17/h7,13H,3-6H2,1-2H3,(H,14,15,16). The largest absolute Gasteiger partial charge is 0.337 e. The second kappa shape index (κ2) is 4.70. The van der Waals surface area contributed by atoms with Gasteiger partial charge in [-0.1, -0.05) is 0 Å². The molecule has 0 radical (unpaired) electrons. The Balaban J connectivity index is 1.84. The highest BCUT2D eigenvalue weighted by Gasteiger charge is 2.16. The summed E-state index contributed by atoms with van der Waals surface area (Å²) in [5.41, 5.74) is 1.31. The fourth-order valence-electron chi connectivity index (χ4n) is 2.06. The zero-order valence-electron chi connectivity index (χ0n) is 10.7. The summed E-state index contributed by atoms with van der Waals surface area (Å²) in [5, 5.41) is 10.7. The molecule has 0 atom stereocenters. The predicted molar refractivity (Wildman–Crippen MR) is 74.3 cm³/mol. The number of nitrogens with one attached hydrogen (secondary N) is 2. The molecule has 96 valence electrons. The molecular formula is C12H17N5S. The molecule has 0 saturated carbocycles. The molecule has 0 unspecified atom stereocenters. The van der Waals surface area contributed by atoms with E-state index < -0.39 is 0 Å². The summed E-state index contributed by atoms with van der Waals surface area (Å²) in [4.78, 5) is 9.32. The van der Waals surface area contributed by atoms with E-state index in [4.69, 9.17) is 0 Å². The second-order valence-corrected chi connectivity index (χ2v) is 5.83. The van der Waals surface area contributed by atoms with Crippen LogP contribution < -0.4 is 10.2 Å². The van der Waals surface area contributed by atoms with Crippen molar-refractivity contribution < 1.29 is 0 Å². The van der Waals surface area contributed by atoms with Crippen molar-refractivity contribution in [1.82, 2.24) is 20.5 Å². The van der Waals surface area contributed by atoms with E-state index in [1.807, 2.05) is 0 Å². The number of anilines is 1. The molecule has 0 amide bonds. The zero-order chi connectivity index (χ0) is 12.5. The summed E-state index contributed by atoms with van der Waals surface area (Å²) in [6.45, 7) is 8.21. The summed E-state index contributed by atoms with van der Waals surface area (Å²) in [6.07, 6.45) is 0. The van der Waals surface area contributed by atoms with Crippen LogP contribution in [0, 0.1) is 13.8 Å². The summed E-state index contributed by atoms with van der Waals surface area (Å²) < 4.78 is 0. The van der Waals surface area contributed by atoms with Gasteiger partial charge in [0.1, 0.15) is 0 Å². The smallest absolute Gasteiger partial charge is 0.245 e. The number of hydrogen-bond acceptors (Lipinski definition) is 5. The van der Waals surface area contributed by atoms with E-state index in [9.17, 15) is 0 Å². The van der Waals surface area contributed by atoms with Crippen molar-refractivity contribution in [2.75, 3.05) is 31.1 Å². The fraction of sp³-hybridized carbons (Fsp3) is 0.500. The maximum Gasteiger partial charge on any atom is 0.245 e. The molecule has 1 aliphatic rings. The third kappa shape index (κ3) is 2.13. The highest BCUT2D eigenvalue weighted by atomic mass is 32.1. The van der Waals surface area contributed by atoms with Crippen LogP contribution in [0.25, 0.3) is 10.7 Å². The van der Waals surface area contributed by atoms with Crippen molar-refractivity contribution in [2.24, 2.45) is 0 Å². The van der Waals surface area contributed by atoms with Crippen molar-refractivity contribution in [3.05, 3.63) is 16.5 Å². The Kier molecular flexibility index (Phi) is 3.05. The number of aryl methyl sites for hydroxylation is 2. The number of thiophene rings is 1. The van der Waals surface area contributed by atoms with E-state index in [-0.39, 0.29) is 0 Å². The van der Waals surface area contributed by atoms with Gasteiger partial charge in [0.25, 0.3) is 0 Å². The van der Waals surface area contributed by atoms with E-state index >= 15 is 0 Å². The lowest BCUT2D eigenvalue weighted by molar-refractivity contribution is 0.580. The van der Waals surface area contributed by atoms with Crippen LogP contribution in [0.2, 0.25) is 0 Å². The predicted octanol–water partition coefficient (Wildman–Crippen LogP) is 1.56. The van der Waals surface area contributed by atoms with Gasteiger partial charge in [0.2, 0.25) is 5.95 Å². The molecule has 1 aliphatic heterocycles. The lowest BCUT2D eigenvalue weighted by Gasteiger charge is -2.25. The molecule has 2 aromatic rings. The minimum absolute atomic E-state index is 0.815. The molecule has 0 spiro atoms. The number of piperazine rings is 1. The summed E-state index contributed by atoms with van der Waals surface area (Å²) >= 11 is 1.76. The van der Waals surface area contributed by atoms with Gasteiger partial charge in [0.15, 0.2) is 5.82 Å². The third-order valence-corrected chi connectivity index (χ3v) is 4.43. The van der Waals surface area contributed by atoms with Gasteiger partial charge in [-0.15, -0.1) is 16.4 Å². The summed E-state index contributed by atoms with van der Waals surface area (Å²) in [5.74, 6) is 1.69. The number of rotatable bonds is 2. The number of H-pyrrole nitrogens is 1. The molecule has 2 N–H and O–H groups in total. The van der Waals surface area contributed by atoms with Gasteiger partial charge in [-0.2, -0.15) is 4.98 Å². The van der Waals surface area contributed by atoms with Gasteiger partial charge in [-0.05, 0) is 25.5 Å². The van der Waals surface area contributed by atoms with Gasteiger partial charge in [-0.3, -0.25) is 5.10 Å². The minimum Gasteiger partial charge on any atom is -0.337 e. The van der Waals surface area contributed by atoms with Crippen LogP contribution in [0.5, 0.6) is 0 Å². The molecule has 0 aliphatic carbocycles. The fourth-order valence-corrected chi connectivity index (χ4v) is 3.03. The maximum atomic E-state index is 4.60. The Morgan fingerprint density at radius 1 is 1.28 bits per heavy atom. The van der Waals surface area contributed by atoms with Crippen LogP contribution >= 0.6 is 11.3 Å². The Bertz CT molecular complexity index is 519. The number of nitrogens with zero attached hydrogens (tertiary/aromatic N) is 3. The number of aromatic amines is 1. The van der Waals surface area contributed by atoms with Crippen LogP contribution in [-0.4, -0.2) is 41.4 Å². The summed E-state index contributed by atoms with van der Waals surface area (Å²) in [7, 11) is 0. The highest BCUT2D eigenvalue weighted by molar-refractivity contribution is 7.15. The van der Waals surface area contributed by atoms with E-state index in [1.54, 1.807) is 11.3 Å². The molecule has 1 saturated heterocycles. The lowest BCUT2D eigenvalue weighted by atomic mass is 10.3. The maximum absolute atomic E-state index is 4.60. The van der Waals surface area contributed by atoms with E-state index in [0.29, 0.717) is 0 Å². The Hall–Kier alpha value is -1.40. The average Bonchev–Trinajstić information content (AvgIpc) is 2.99. The van der Waals surface area contributed by atoms with E-state index in [0.717, 1.165) is 38.0 Å². The SMILES string of the molecule is Cc1cc(-c2nc(N3CCNCC3)n[nH]2)sc1C. The highest BCUT2D eigenvalue weighted by Crippen LogP contribution is 2.29. The molecule has 6 heteroatoms. The topological polar surface area (TPSA) is 56.8 Å². The molecule has 18 heavy (non-hydrogen) atoms. The first-order valence-corrected chi connectivity index (χ1v) is 7.01. The lowest BCUT2D eigenvalue weighted by Crippen LogP contribution is -2.44. The zero-order valence-corrected chi connectivity index (χ0v) is 11.5. The van der Waals surface area contributed by atoms with Gasteiger partial charge in [-0.25, -0.2) is 0 Å². The van der Waals surface area contributed by atoms with Gasteiger partial charge < -0.3 is 10.2 Å². The molecule has 3 heterocycles. The average molecular weight is 263 g/mol. The van der Waals surface area contributed by atoms with Gasteiger partial charge in [0, 0.05) is 31.1 Å². The van der Waals surface area contributed by atoms with Crippen LogP contribution in [0.1, 0.15) is 10.4 Å². The minimum atomic E-state index is 0.815. The van der Waals surface area contributed by atoms with Crippen LogP contribution in [0.3, 0.4) is 0 Å². The third-order valence-electron chi connectivity index (χ3n) is 3.27. The quantitative estimate of drug-likeness (QED) is 0.863. The van der Waals surface area contributed by atoms with Gasteiger partial charge in [0.05, 0.1) is 4.88 Å².